The number of hydrogen-bond donors (Lipinski definition) is 3. The van der Waals surface area contributed by atoms with E-state index in [0.717, 1.165) is 18.4 Å². The molecule has 0 unspecified atom stereocenters. The molecule has 3 aliphatic rings. The number of hydrogen-bond acceptors (Lipinski definition) is 17. The summed E-state index contributed by atoms with van der Waals surface area (Å²) < 4.78 is 28.9. The summed E-state index contributed by atoms with van der Waals surface area (Å²) in [5, 5.41) is 17.7. The molecule has 0 aromatic heterocycles. The van der Waals surface area contributed by atoms with Gasteiger partial charge in [0.05, 0.1) is 95.3 Å². The van der Waals surface area contributed by atoms with Gasteiger partial charge in [0.2, 0.25) is 23.6 Å². The molecule has 4 rings (SSSR count). The van der Waals surface area contributed by atoms with Gasteiger partial charge in [0, 0.05) is 60.2 Å². The SMILES string of the molecule is CC[C@H](C)[C@@H]([C@@H](CC(=O)N1CCC[C@H]1[C@H](OC)[C@@H](C)C(=O)N[C@@H](Cc1ccc(O)cc1)C(=O)N1CCCCO1)OC)N(C)C(=O)[C@@H](NC(=O)[C@H](C(C)C)N(C)CCOCCOCCOCCC(=O)ON1C(=O)CCC1=O)C(C)C. The minimum absolute atomic E-state index is 0.0204. The first-order chi connectivity index (χ1) is 37.6. The third-order valence-electron chi connectivity index (χ3n) is 15.1. The molecule has 3 saturated heterocycles. The minimum Gasteiger partial charge on any atom is -0.508 e. The van der Waals surface area contributed by atoms with Crippen molar-refractivity contribution in [3.8, 4) is 5.75 Å². The lowest BCUT2D eigenvalue weighted by Gasteiger charge is -2.41. The van der Waals surface area contributed by atoms with Gasteiger partial charge in [-0.1, -0.05) is 67.0 Å². The zero-order valence-corrected chi connectivity index (χ0v) is 48.6. The van der Waals surface area contributed by atoms with Crippen LogP contribution in [0.4, 0.5) is 0 Å². The Morgan fingerprint density at radius 2 is 1.42 bits per heavy atom. The van der Waals surface area contributed by atoms with E-state index in [0.29, 0.717) is 57.2 Å². The predicted octanol–water partition coefficient (Wildman–Crippen LogP) is 3.04. The van der Waals surface area contributed by atoms with Crippen molar-refractivity contribution in [2.45, 2.75) is 155 Å². The highest BCUT2D eigenvalue weighted by Gasteiger charge is 2.44. The molecule has 0 spiro atoms. The normalized spacial score (nSPS) is 19.0. The van der Waals surface area contributed by atoms with E-state index in [1.54, 1.807) is 35.9 Å². The molecule has 446 valence electrons. The summed E-state index contributed by atoms with van der Waals surface area (Å²) in [6.07, 6.45) is 2.06. The maximum Gasteiger partial charge on any atom is 0.335 e. The molecule has 0 bridgehead atoms. The van der Waals surface area contributed by atoms with Gasteiger partial charge in [-0.3, -0.25) is 43.3 Å². The van der Waals surface area contributed by atoms with Gasteiger partial charge in [-0.25, -0.2) is 9.86 Å². The number of phenolic OH excluding ortho intramolecular Hbond substituents is 1. The first kappa shape index (κ1) is 66.2. The Morgan fingerprint density at radius 1 is 0.785 bits per heavy atom. The summed E-state index contributed by atoms with van der Waals surface area (Å²) in [6, 6.07) is 2.97. The van der Waals surface area contributed by atoms with Crippen molar-refractivity contribution in [3.05, 3.63) is 29.8 Å². The molecule has 1 aromatic rings. The molecule has 7 amide bonds. The summed E-state index contributed by atoms with van der Waals surface area (Å²) in [6.45, 7) is 16.4. The molecular formula is C56H91N7O16. The summed E-state index contributed by atoms with van der Waals surface area (Å²) in [5.74, 6) is -4.70. The number of methoxy groups -OCH3 is 2. The molecule has 3 N–H and O–H groups in total. The van der Waals surface area contributed by atoms with Gasteiger partial charge in [-0.15, -0.1) is 5.06 Å². The van der Waals surface area contributed by atoms with Gasteiger partial charge in [-0.2, -0.15) is 0 Å². The summed E-state index contributed by atoms with van der Waals surface area (Å²) in [4.78, 5) is 122. The lowest BCUT2D eigenvalue weighted by atomic mass is 9.89. The molecule has 23 heteroatoms. The number of carbonyl (C=O) groups excluding carboxylic acids is 8. The van der Waals surface area contributed by atoms with E-state index in [-0.39, 0.29) is 112 Å². The van der Waals surface area contributed by atoms with Crippen molar-refractivity contribution in [2.75, 3.05) is 94.2 Å². The maximum absolute atomic E-state index is 14.7. The third-order valence-corrected chi connectivity index (χ3v) is 15.1. The molecular weight excluding hydrogens is 1030 g/mol. The molecule has 9 atom stereocenters. The zero-order chi connectivity index (χ0) is 58.3. The van der Waals surface area contributed by atoms with Crippen LogP contribution in [-0.4, -0.2) is 214 Å². The fourth-order valence-electron chi connectivity index (χ4n) is 10.5. The average Bonchev–Trinajstić information content (AvgIpc) is 4.11. The van der Waals surface area contributed by atoms with Crippen LogP contribution < -0.4 is 10.6 Å². The quantitative estimate of drug-likeness (QED) is 0.0662. The largest absolute Gasteiger partial charge is 0.508 e. The number of hydroxylamine groups is 4. The van der Waals surface area contributed by atoms with Crippen LogP contribution in [0, 0.1) is 23.7 Å². The van der Waals surface area contributed by atoms with Gasteiger partial charge in [0.25, 0.3) is 17.7 Å². The maximum atomic E-state index is 14.7. The fraction of sp³-hybridized carbons (Fsp3) is 0.750. The van der Waals surface area contributed by atoms with E-state index in [4.69, 9.17) is 33.4 Å². The first-order valence-electron chi connectivity index (χ1n) is 28.1. The van der Waals surface area contributed by atoms with Crippen molar-refractivity contribution < 1.29 is 76.8 Å². The van der Waals surface area contributed by atoms with Crippen molar-refractivity contribution in [2.24, 2.45) is 23.7 Å². The molecule has 3 heterocycles. The summed E-state index contributed by atoms with van der Waals surface area (Å²) in [5.41, 5.74) is 0.735. The van der Waals surface area contributed by atoms with Crippen LogP contribution in [0.3, 0.4) is 0 Å². The monoisotopic (exact) mass is 1120 g/mol. The Balaban J connectivity index is 1.31. The standard InChI is InChI=1S/C56H91N7O16/c1-12-38(6)51(44(73-10)35-47(67)61-24-15-16-43(61)52(74-11)39(7)53(69)57-42(34-40-17-19-41(64)20-18-40)55(71)62-25-13-14-27-78-62)60(9)56(72)49(36(2)3)58-54(70)50(37(4)5)59(8)26-29-76-31-33-77-32-30-75-28-23-48(68)79-63-45(65)21-22-46(63)66/h17-20,36-39,42-44,49-52,64H,12-16,21-35H2,1-11H3,(H,57,69)(H,58,70)/t38-,39+,42-,43-,44+,49-,50-,51-,52+/m0/s1. The molecule has 0 saturated carbocycles. The van der Waals surface area contributed by atoms with Crippen LogP contribution in [-0.2, 0) is 78.1 Å². The highest BCUT2D eigenvalue weighted by molar-refractivity contribution is 6.01. The molecule has 3 fully saturated rings. The van der Waals surface area contributed by atoms with Crippen LogP contribution >= 0.6 is 0 Å². The van der Waals surface area contributed by atoms with Crippen LogP contribution in [0.2, 0.25) is 0 Å². The highest BCUT2D eigenvalue weighted by atomic mass is 16.7. The number of likely N-dealkylation sites (tertiary alicyclic amines) is 1. The highest BCUT2D eigenvalue weighted by Crippen LogP contribution is 2.30. The lowest BCUT2D eigenvalue weighted by molar-refractivity contribution is -0.199. The number of likely N-dealkylation sites (N-methyl/N-ethyl adjacent to an activating group) is 2. The van der Waals surface area contributed by atoms with Crippen molar-refractivity contribution >= 4 is 47.3 Å². The van der Waals surface area contributed by atoms with Crippen molar-refractivity contribution in [1.29, 1.82) is 0 Å². The van der Waals surface area contributed by atoms with E-state index in [9.17, 15) is 43.5 Å². The zero-order valence-electron chi connectivity index (χ0n) is 48.6. The number of amides is 7. The topological polar surface area (TPSA) is 262 Å². The van der Waals surface area contributed by atoms with Gasteiger partial charge in [0.15, 0.2) is 0 Å². The van der Waals surface area contributed by atoms with E-state index < -0.39 is 72.0 Å². The smallest absolute Gasteiger partial charge is 0.335 e. The Bertz CT molecular complexity index is 2110. The molecule has 3 aliphatic heterocycles. The predicted molar refractivity (Wildman–Crippen MR) is 289 cm³/mol. The van der Waals surface area contributed by atoms with E-state index in [2.05, 4.69) is 10.6 Å². The van der Waals surface area contributed by atoms with Gasteiger partial charge in [-0.05, 0) is 68.2 Å². The average molecular weight is 1120 g/mol. The fourth-order valence-corrected chi connectivity index (χ4v) is 10.5. The van der Waals surface area contributed by atoms with Gasteiger partial charge < -0.3 is 54.1 Å². The van der Waals surface area contributed by atoms with Crippen LogP contribution in [0.5, 0.6) is 5.75 Å². The molecule has 0 aliphatic carbocycles. The number of rotatable bonds is 34. The molecule has 0 radical (unpaired) electrons. The molecule has 79 heavy (non-hydrogen) atoms. The number of ether oxygens (including phenoxy) is 5. The third kappa shape index (κ3) is 19.7. The number of benzene rings is 1. The number of aromatic hydroxyl groups is 1. The number of nitrogens with zero attached hydrogens (tertiary/aromatic N) is 5. The number of nitrogens with one attached hydrogen (secondary N) is 2. The lowest BCUT2D eigenvalue weighted by Crippen LogP contribution is -2.60. The second-order valence-corrected chi connectivity index (χ2v) is 21.5. The molecule has 23 nitrogen and oxygen atoms in total. The van der Waals surface area contributed by atoms with Crippen molar-refractivity contribution in [3.63, 3.8) is 0 Å². The second kappa shape index (κ2) is 33.5. The minimum atomic E-state index is -0.963. The number of carbonyl (C=O) groups is 8. The Morgan fingerprint density at radius 3 is 1.99 bits per heavy atom. The van der Waals surface area contributed by atoms with E-state index >= 15 is 0 Å². The van der Waals surface area contributed by atoms with E-state index in [1.807, 2.05) is 53.5 Å². The Hall–Kier alpha value is -5.30. The summed E-state index contributed by atoms with van der Waals surface area (Å²) in [7, 11) is 6.56. The number of imide groups is 1. The van der Waals surface area contributed by atoms with E-state index in [1.165, 1.54) is 31.4 Å². The first-order valence-corrected chi connectivity index (χ1v) is 28.1. The Kier molecular flexibility index (Phi) is 28.0. The van der Waals surface area contributed by atoms with Crippen LogP contribution in [0.25, 0.3) is 0 Å². The van der Waals surface area contributed by atoms with Crippen LogP contribution in [0.15, 0.2) is 24.3 Å². The van der Waals surface area contributed by atoms with Crippen LogP contribution in [0.1, 0.15) is 112 Å². The van der Waals surface area contributed by atoms with Gasteiger partial charge in [0.1, 0.15) is 17.8 Å². The number of phenols is 1. The Labute approximate surface area is 466 Å². The summed E-state index contributed by atoms with van der Waals surface area (Å²) >= 11 is 0. The van der Waals surface area contributed by atoms with Crippen molar-refractivity contribution in [1.82, 2.24) is 35.5 Å². The second-order valence-electron chi connectivity index (χ2n) is 21.5. The van der Waals surface area contributed by atoms with Gasteiger partial charge >= 0.3 is 5.97 Å². The molecule has 1 aromatic carbocycles.